The van der Waals surface area contributed by atoms with Gasteiger partial charge in [-0.05, 0) is 48.9 Å². The summed E-state index contributed by atoms with van der Waals surface area (Å²) >= 11 is 1.38. The largest absolute Gasteiger partial charge is 0.459 e. The number of esters is 1. The topological polar surface area (TPSA) is 58.6 Å². The summed E-state index contributed by atoms with van der Waals surface area (Å²) in [6, 6.07) is 10.8. The second-order valence-corrected chi connectivity index (χ2v) is 8.24. The summed E-state index contributed by atoms with van der Waals surface area (Å²) in [5.74, 6) is 0.176. The van der Waals surface area contributed by atoms with Crippen LogP contribution in [0.15, 0.2) is 41.8 Å². The molecule has 0 aliphatic carbocycles. The number of piperidine rings is 3. The molecule has 4 heterocycles. The van der Waals surface area contributed by atoms with Crippen molar-refractivity contribution in [2.45, 2.75) is 31.9 Å². The van der Waals surface area contributed by atoms with Gasteiger partial charge in [-0.15, -0.1) is 11.3 Å². The minimum atomic E-state index is -0.630. The zero-order valence-electron chi connectivity index (χ0n) is 15.4. The van der Waals surface area contributed by atoms with Crippen molar-refractivity contribution in [2.24, 2.45) is 5.92 Å². The number of fused-ring (bicyclic) bond motifs is 3. The average Bonchev–Trinajstić information content (AvgIpc) is 3.16. The van der Waals surface area contributed by atoms with E-state index in [4.69, 9.17) is 4.74 Å². The fourth-order valence-electron chi connectivity index (χ4n) is 4.04. The molecular formula is C21H24N2O3S. The van der Waals surface area contributed by atoms with E-state index in [1.165, 1.54) is 11.3 Å². The Morgan fingerprint density at radius 2 is 1.93 bits per heavy atom. The van der Waals surface area contributed by atoms with Gasteiger partial charge in [0.1, 0.15) is 6.10 Å². The highest BCUT2D eigenvalue weighted by molar-refractivity contribution is 7.12. The molecule has 0 spiro atoms. The molecule has 5 rings (SSSR count). The van der Waals surface area contributed by atoms with Crippen LogP contribution in [0, 0.1) is 5.92 Å². The summed E-state index contributed by atoms with van der Waals surface area (Å²) in [7, 11) is 0. The number of carbonyl (C=O) groups excluding carboxylic acids is 2. The number of hydrogen-bond donors (Lipinski definition) is 1. The summed E-state index contributed by atoms with van der Waals surface area (Å²) in [4.78, 5) is 28.0. The van der Waals surface area contributed by atoms with Crippen LogP contribution in [0.1, 0.15) is 41.0 Å². The van der Waals surface area contributed by atoms with Gasteiger partial charge in [-0.2, -0.15) is 0 Å². The van der Waals surface area contributed by atoms with Crippen molar-refractivity contribution in [3.63, 3.8) is 0 Å². The Balaban J connectivity index is 1.55. The summed E-state index contributed by atoms with van der Waals surface area (Å²) < 4.78 is 5.97. The fraction of sp³-hybridized carbons (Fsp3) is 0.429. The van der Waals surface area contributed by atoms with E-state index in [0.717, 1.165) is 38.0 Å². The van der Waals surface area contributed by atoms with Crippen molar-refractivity contribution in [1.82, 2.24) is 4.90 Å². The Hall–Kier alpha value is -2.18. The third-order valence-electron chi connectivity index (χ3n) is 5.52. The molecule has 27 heavy (non-hydrogen) atoms. The van der Waals surface area contributed by atoms with E-state index in [2.05, 4.69) is 10.2 Å². The Morgan fingerprint density at radius 1 is 1.19 bits per heavy atom. The number of thiophene rings is 1. The third-order valence-corrected chi connectivity index (χ3v) is 6.53. The SMILES string of the molecule is CC(=O)c1sccc1NC(C(=O)O[C@H]1CN2CCC1CC2)c1ccccc1. The predicted octanol–water partition coefficient (Wildman–Crippen LogP) is 3.74. The van der Waals surface area contributed by atoms with E-state index in [0.29, 0.717) is 16.5 Å². The zero-order chi connectivity index (χ0) is 18.8. The molecule has 5 nitrogen and oxygen atoms in total. The van der Waals surface area contributed by atoms with Crippen LogP contribution in [0.2, 0.25) is 0 Å². The fourth-order valence-corrected chi connectivity index (χ4v) is 4.80. The standard InChI is InChI=1S/C21H24N2O3S/c1-14(24)20-17(9-12-27-20)22-19(16-5-3-2-4-6-16)21(25)26-18-13-23-10-7-15(18)8-11-23/h2-6,9,12,15,18-19,22H,7-8,10-11,13H2,1H3/t18-,19?/m0/s1. The van der Waals surface area contributed by atoms with Gasteiger partial charge in [-0.25, -0.2) is 4.79 Å². The number of anilines is 1. The molecule has 6 heteroatoms. The Morgan fingerprint density at radius 3 is 2.56 bits per heavy atom. The highest BCUT2D eigenvalue weighted by Gasteiger charge is 2.38. The quantitative estimate of drug-likeness (QED) is 0.607. The maximum Gasteiger partial charge on any atom is 0.333 e. The molecule has 3 saturated heterocycles. The van der Waals surface area contributed by atoms with Gasteiger partial charge in [0.25, 0.3) is 0 Å². The van der Waals surface area contributed by atoms with Crippen LogP contribution in [0.5, 0.6) is 0 Å². The monoisotopic (exact) mass is 384 g/mol. The van der Waals surface area contributed by atoms with Crippen LogP contribution in [0.3, 0.4) is 0 Å². The smallest absolute Gasteiger partial charge is 0.333 e. The lowest BCUT2D eigenvalue weighted by Gasteiger charge is -2.44. The maximum absolute atomic E-state index is 13.1. The summed E-state index contributed by atoms with van der Waals surface area (Å²) in [5.41, 5.74) is 1.52. The summed E-state index contributed by atoms with van der Waals surface area (Å²) in [5, 5.41) is 5.12. The van der Waals surface area contributed by atoms with Crippen LogP contribution >= 0.6 is 11.3 Å². The van der Waals surface area contributed by atoms with Gasteiger partial charge in [0.15, 0.2) is 11.8 Å². The molecule has 2 bridgehead atoms. The Labute approximate surface area is 163 Å². The first kappa shape index (κ1) is 18.2. The van der Waals surface area contributed by atoms with E-state index in [9.17, 15) is 9.59 Å². The second kappa shape index (κ2) is 7.82. The molecule has 0 saturated carbocycles. The normalized spacial score (nSPS) is 25.0. The molecule has 1 unspecified atom stereocenters. The minimum Gasteiger partial charge on any atom is -0.459 e. The van der Waals surface area contributed by atoms with Gasteiger partial charge in [-0.3, -0.25) is 9.69 Å². The lowest BCUT2D eigenvalue weighted by molar-refractivity contribution is -0.159. The zero-order valence-corrected chi connectivity index (χ0v) is 16.2. The molecule has 2 atom stereocenters. The molecular weight excluding hydrogens is 360 g/mol. The number of ketones is 1. The predicted molar refractivity (Wildman–Crippen MR) is 106 cm³/mol. The van der Waals surface area contributed by atoms with E-state index in [1.54, 1.807) is 6.92 Å². The minimum absolute atomic E-state index is 0.00920. The summed E-state index contributed by atoms with van der Waals surface area (Å²) in [6.45, 7) is 4.58. The number of nitrogens with one attached hydrogen (secondary N) is 1. The van der Waals surface area contributed by atoms with Crippen LogP contribution in [-0.4, -0.2) is 42.4 Å². The lowest BCUT2D eigenvalue weighted by atomic mass is 9.86. The highest BCUT2D eigenvalue weighted by Crippen LogP contribution is 2.32. The number of hydrogen-bond acceptors (Lipinski definition) is 6. The van der Waals surface area contributed by atoms with E-state index in [1.807, 2.05) is 41.8 Å². The van der Waals surface area contributed by atoms with Gasteiger partial charge in [0, 0.05) is 13.5 Å². The first-order valence-corrected chi connectivity index (χ1v) is 10.3. The average molecular weight is 385 g/mol. The van der Waals surface area contributed by atoms with Crippen LogP contribution in [-0.2, 0) is 9.53 Å². The molecule has 1 aromatic heterocycles. The Kier molecular flexibility index (Phi) is 5.27. The van der Waals surface area contributed by atoms with Crippen LogP contribution in [0.4, 0.5) is 5.69 Å². The van der Waals surface area contributed by atoms with Crippen molar-refractivity contribution >= 4 is 28.8 Å². The number of rotatable bonds is 6. The lowest BCUT2D eigenvalue weighted by Crippen LogP contribution is -2.52. The van der Waals surface area contributed by atoms with Crippen molar-refractivity contribution in [3.05, 3.63) is 52.2 Å². The third kappa shape index (κ3) is 3.92. The number of Topliss-reactive ketones (excluding diaryl/α,β-unsaturated/α-hetero) is 1. The molecule has 3 aliphatic heterocycles. The van der Waals surface area contributed by atoms with Crippen molar-refractivity contribution < 1.29 is 14.3 Å². The molecule has 1 N–H and O–H groups in total. The van der Waals surface area contributed by atoms with Crippen molar-refractivity contribution in [2.75, 3.05) is 25.0 Å². The number of nitrogens with zero attached hydrogens (tertiary/aromatic N) is 1. The number of benzene rings is 1. The number of carbonyl (C=O) groups is 2. The van der Waals surface area contributed by atoms with E-state index in [-0.39, 0.29) is 17.9 Å². The van der Waals surface area contributed by atoms with Crippen molar-refractivity contribution in [1.29, 1.82) is 0 Å². The molecule has 142 valence electrons. The van der Waals surface area contributed by atoms with Crippen LogP contribution < -0.4 is 5.32 Å². The molecule has 2 aromatic rings. The second-order valence-electron chi connectivity index (χ2n) is 7.32. The molecule has 0 amide bonds. The van der Waals surface area contributed by atoms with Gasteiger partial charge >= 0.3 is 5.97 Å². The summed E-state index contributed by atoms with van der Waals surface area (Å²) in [6.07, 6.45) is 2.16. The first-order valence-electron chi connectivity index (χ1n) is 9.44. The Bertz CT molecular complexity index is 812. The van der Waals surface area contributed by atoms with Gasteiger partial charge in [0.2, 0.25) is 0 Å². The maximum atomic E-state index is 13.1. The molecule has 1 aromatic carbocycles. The molecule has 3 aliphatic rings. The van der Waals surface area contributed by atoms with Gasteiger partial charge in [0.05, 0.1) is 10.6 Å². The first-order chi connectivity index (χ1) is 13.1. The van der Waals surface area contributed by atoms with Crippen molar-refractivity contribution in [3.8, 4) is 0 Å². The molecule has 0 radical (unpaired) electrons. The highest BCUT2D eigenvalue weighted by atomic mass is 32.1. The van der Waals surface area contributed by atoms with Gasteiger partial charge in [-0.1, -0.05) is 30.3 Å². The van der Waals surface area contributed by atoms with E-state index < -0.39 is 6.04 Å². The number of ether oxygens (including phenoxy) is 1. The van der Waals surface area contributed by atoms with Crippen LogP contribution in [0.25, 0.3) is 0 Å². The van der Waals surface area contributed by atoms with E-state index >= 15 is 0 Å². The van der Waals surface area contributed by atoms with Gasteiger partial charge < -0.3 is 10.1 Å². The molecule has 3 fully saturated rings.